The highest BCUT2D eigenvalue weighted by Crippen LogP contribution is 2.46. The molecule has 0 radical (unpaired) electrons. The van der Waals surface area contributed by atoms with E-state index in [0.717, 1.165) is 99.4 Å². The number of benzene rings is 9. The van der Waals surface area contributed by atoms with Gasteiger partial charge in [0.1, 0.15) is 11.2 Å². The Bertz CT molecular complexity index is 3890. The van der Waals surface area contributed by atoms with Crippen molar-refractivity contribution in [3.05, 3.63) is 212 Å². The lowest BCUT2D eigenvalue weighted by molar-refractivity contribution is 0.669. The van der Waals surface area contributed by atoms with Crippen LogP contribution in [0.25, 0.3) is 128 Å². The second-order valence-corrected chi connectivity index (χ2v) is 16.2. The van der Waals surface area contributed by atoms with E-state index in [4.69, 9.17) is 24.4 Å². The van der Waals surface area contributed by atoms with E-state index in [9.17, 15) is 0 Å². The zero-order chi connectivity index (χ0) is 42.1. The van der Waals surface area contributed by atoms with Crippen LogP contribution in [0.2, 0.25) is 0 Å². The molecule has 0 N–H and O–H groups in total. The molecule has 4 aromatic heterocycles. The highest BCUT2D eigenvalue weighted by Gasteiger charge is 2.22. The van der Waals surface area contributed by atoms with Crippen LogP contribution in [0.5, 0.6) is 0 Å². The molecule has 0 aliphatic rings. The topological polar surface area (TPSA) is 69.6 Å². The molecular weight excluding hydrogens is 783 g/mol. The summed E-state index contributed by atoms with van der Waals surface area (Å²) in [5.74, 6) is 1.80. The second kappa shape index (κ2) is 14.4. The number of fused-ring (bicyclic) bond motifs is 9. The van der Waals surface area contributed by atoms with Crippen LogP contribution in [-0.2, 0) is 0 Å². The molecule has 13 rings (SSSR count). The van der Waals surface area contributed by atoms with Crippen molar-refractivity contribution in [1.29, 1.82) is 0 Å². The fraction of sp³-hybridized carbons (Fsp3) is 0. The predicted molar refractivity (Wildman–Crippen MR) is 261 cm³/mol. The number of nitrogens with zero attached hydrogens (tertiary/aromatic N) is 5. The van der Waals surface area contributed by atoms with Gasteiger partial charge < -0.3 is 8.98 Å². The highest BCUT2D eigenvalue weighted by molar-refractivity contribution is 6.27. The molecule has 64 heavy (non-hydrogen) atoms. The van der Waals surface area contributed by atoms with Crippen molar-refractivity contribution in [2.75, 3.05) is 0 Å². The van der Waals surface area contributed by atoms with Crippen LogP contribution in [0.1, 0.15) is 0 Å². The van der Waals surface area contributed by atoms with Crippen LogP contribution < -0.4 is 0 Å². The van der Waals surface area contributed by atoms with Crippen molar-refractivity contribution in [3.63, 3.8) is 0 Å². The molecule has 0 saturated heterocycles. The summed E-state index contributed by atoms with van der Waals surface area (Å²) in [6.45, 7) is 0. The van der Waals surface area contributed by atoms with Crippen LogP contribution in [0, 0.1) is 0 Å². The van der Waals surface area contributed by atoms with Crippen molar-refractivity contribution >= 4 is 65.4 Å². The lowest BCUT2D eigenvalue weighted by Crippen LogP contribution is -2.01. The summed E-state index contributed by atoms with van der Waals surface area (Å²) in [7, 11) is 0. The van der Waals surface area contributed by atoms with Gasteiger partial charge in [-0.3, -0.25) is 0 Å². The number of hydrogen-bond acceptors (Lipinski definition) is 5. The van der Waals surface area contributed by atoms with Crippen LogP contribution >= 0.6 is 0 Å². The van der Waals surface area contributed by atoms with E-state index in [1.54, 1.807) is 0 Å². The molecule has 298 valence electrons. The molecule has 0 aliphatic carbocycles. The fourth-order valence-electron chi connectivity index (χ4n) is 9.54. The van der Waals surface area contributed by atoms with E-state index in [-0.39, 0.29) is 0 Å². The maximum absolute atomic E-state index is 6.65. The summed E-state index contributed by atoms with van der Waals surface area (Å²) in [6, 6.07) is 73.8. The molecule has 0 saturated carbocycles. The van der Waals surface area contributed by atoms with Gasteiger partial charge in [0.2, 0.25) is 0 Å². The molecule has 0 atom stereocenters. The van der Waals surface area contributed by atoms with Crippen LogP contribution in [0.3, 0.4) is 0 Å². The Morgan fingerprint density at radius 1 is 0.328 bits per heavy atom. The number of hydrogen-bond donors (Lipinski definition) is 0. The van der Waals surface area contributed by atoms with Gasteiger partial charge >= 0.3 is 0 Å². The van der Waals surface area contributed by atoms with E-state index in [2.05, 4.69) is 168 Å². The third-order valence-corrected chi connectivity index (χ3v) is 12.4. The molecule has 13 aromatic rings. The summed E-state index contributed by atoms with van der Waals surface area (Å²) in [5.41, 5.74) is 12.8. The minimum Gasteiger partial charge on any atom is -0.456 e. The average molecular weight is 818 g/mol. The lowest BCUT2D eigenvalue weighted by Gasteiger charge is -2.16. The Balaban J connectivity index is 1.00. The first kappa shape index (κ1) is 36.0. The van der Waals surface area contributed by atoms with Gasteiger partial charge in [-0.1, -0.05) is 170 Å². The van der Waals surface area contributed by atoms with E-state index >= 15 is 0 Å². The molecule has 0 amide bonds. The SMILES string of the molecule is c1ccc(-c2nc(-c3ccc(-c4c5c(cc6c(-c7ccccc7)nc7ccccc7c46)oc4ccccc45)cc3)nc(-c3cccc(-n4c5ccccc5c5ccccc54)c3)n2)cc1. The van der Waals surface area contributed by atoms with E-state index in [0.29, 0.717) is 17.5 Å². The third kappa shape index (κ3) is 5.73. The van der Waals surface area contributed by atoms with Gasteiger partial charge in [0.25, 0.3) is 0 Å². The van der Waals surface area contributed by atoms with E-state index in [1.165, 1.54) is 10.8 Å². The number of furan rings is 1. The molecule has 4 heterocycles. The van der Waals surface area contributed by atoms with Gasteiger partial charge in [-0.05, 0) is 48.0 Å². The largest absolute Gasteiger partial charge is 0.456 e. The summed E-state index contributed by atoms with van der Waals surface area (Å²) in [6.07, 6.45) is 0. The Labute approximate surface area is 367 Å². The molecule has 0 aliphatic heterocycles. The monoisotopic (exact) mass is 817 g/mol. The van der Waals surface area contributed by atoms with Crippen molar-refractivity contribution in [3.8, 4) is 62.2 Å². The normalized spacial score (nSPS) is 11.8. The standard InChI is InChI=1S/C58H35N5O/c1-3-16-37(17-4-1)55-46-35-51-54(45-25-10-14-29-50(45)64-51)52(53(46)44-24-7-11-26-47(44)59-55)36-30-32-39(33-31-36)57-60-56(38-18-5-2-6-19-38)61-58(62-57)40-20-15-21-41(34-40)63-48-27-12-8-22-42(48)43-23-9-13-28-49(43)63/h1-35H. The van der Waals surface area contributed by atoms with Gasteiger partial charge in [-0.15, -0.1) is 0 Å². The first-order valence-electron chi connectivity index (χ1n) is 21.5. The van der Waals surface area contributed by atoms with Crippen molar-refractivity contribution in [1.82, 2.24) is 24.5 Å². The number of rotatable bonds is 6. The van der Waals surface area contributed by atoms with E-state index < -0.39 is 0 Å². The average Bonchev–Trinajstić information content (AvgIpc) is 3.92. The number of pyridine rings is 1. The van der Waals surface area contributed by atoms with Crippen molar-refractivity contribution < 1.29 is 4.42 Å². The summed E-state index contributed by atoms with van der Waals surface area (Å²) in [4.78, 5) is 20.7. The Kier molecular flexibility index (Phi) is 8.11. The van der Waals surface area contributed by atoms with Gasteiger partial charge in [0.15, 0.2) is 17.5 Å². The zero-order valence-corrected chi connectivity index (χ0v) is 34.4. The molecule has 9 aromatic carbocycles. The van der Waals surface area contributed by atoms with Gasteiger partial charge in [0.05, 0.1) is 22.2 Å². The van der Waals surface area contributed by atoms with Crippen molar-refractivity contribution in [2.24, 2.45) is 0 Å². The smallest absolute Gasteiger partial charge is 0.164 e. The highest BCUT2D eigenvalue weighted by atomic mass is 16.3. The van der Waals surface area contributed by atoms with Gasteiger partial charge in [-0.25, -0.2) is 19.9 Å². The van der Waals surface area contributed by atoms with Gasteiger partial charge in [-0.2, -0.15) is 0 Å². The molecule has 6 heteroatoms. The molecular formula is C58H35N5O. The summed E-state index contributed by atoms with van der Waals surface area (Å²) in [5, 5.41) is 7.82. The maximum atomic E-state index is 6.65. The molecule has 0 unspecified atom stereocenters. The number of aromatic nitrogens is 5. The molecule has 0 spiro atoms. The molecule has 6 nitrogen and oxygen atoms in total. The quantitative estimate of drug-likeness (QED) is 0.156. The fourth-order valence-corrected chi connectivity index (χ4v) is 9.54. The molecule has 0 fully saturated rings. The predicted octanol–water partition coefficient (Wildman–Crippen LogP) is 14.9. The second-order valence-electron chi connectivity index (χ2n) is 16.2. The lowest BCUT2D eigenvalue weighted by atomic mass is 9.89. The Hall–Kier alpha value is -8.74. The van der Waals surface area contributed by atoms with Gasteiger partial charge in [0, 0.05) is 71.2 Å². The minimum absolute atomic E-state index is 0.593. The Morgan fingerprint density at radius 3 is 1.56 bits per heavy atom. The summed E-state index contributed by atoms with van der Waals surface area (Å²) < 4.78 is 8.97. The van der Waals surface area contributed by atoms with Crippen molar-refractivity contribution in [2.45, 2.75) is 0 Å². The minimum atomic E-state index is 0.593. The Morgan fingerprint density at radius 2 is 0.859 bits per heavy atom. The van der Waals surface area contributed by atoms with Crippen LogP contribution in [0.4, 0.5) is 0 Å². The van der Waals surface area contributed by atoms with Crippen LogP contribution in [-0.4, -0.2) is 24.5 Å². The number of para-hydroxylation sites is 4. The first-order chi connectivity index (χ1) is 31.7. The first-order valence-corrected chi connectivity index (χ1v) is 21.5. The third-order valence-electron chi connectivity index (χ3n) is 12.4. The van der Waals surface area contributed by atoms with E-state index in [1.807, 2.05) is 48.5 Å². The maximum Gasteiger partial charge on any atom is 0.164 e. The summed E-state index contributed by atoms with van der Waals surface area (Å²) >= 11 is 0. The molecule has 0 bridgehead atoms. The van der Waals surface area contributed by atoms with Crippen LogP contribution in [0.15, 0.2) is 217 Å². The zero-order valence-electron chi connectivity index (χ0n) is 34.4.